The van der Waals surface area contributed by atoms with Gasteiger partial charge in [-0.3, -0.25) is 0 Å². The molecule has 0 radical (unpaired) electrons. The summed E-state index contributed by atoms with van der Waals surface area (Å²) in [5.74, 6) is 0.877. The number of anilines is 2. The van der Waals surface area contributed by atoms with Crippen molar-refractivity contribution < 1.29 is 4.74 Å². The van der Waals surface area contributed by atoms with Gasteiger partial charge in [0.25, 0.3) is 0 Å². The number of hydrogen-bond donors (Lipinski definition) is 1. The summed E-state index contributed by atoms with van der Waals surface area (Å²) in [6, 6.07) is 13.9. The molecular weight excluding hydrogens is 422 g/mol. The number of nitrogens with zero attached hydrogens (tertiary/aromatic N) is 2. The Morgan fingerprint density at radius 3 is 2.60 bits per heavy atom. The highest BCUT2D eigenvalue weighted by Gasteiger charge is 2.20. The first-order valence-electron chi connectivity index (χ1n) is 7.97. The van der Waals surface area contributed by atoms with Crippen molar-refractivity contribution in [2.75, 3.05) is 43.5 Å². The summed E-state index contributed by atoms with van der Waals surface area (Å²) >= 11 is 15.2. The van der Waals surface area contributed by atoms with Crippen molar-refractivity contribution in [3.63, 3.8) is 0 Å². The average Bonchev–Trinajstić information content (AvgIpc) is 2.64. The third kappa shape index (κ3) is 4.57. The van der Waals surface area contributed by atoms with Gasteiger partial charge in [0.2, 0.25) is 0 Å². The Labute approximate surface area is 166 Å². The summed E-state index contributed by atoms with van der Waals surface area (Å²) in [4.78, 5) is 4.51. The van der Waals surface area contributed by atoms with E-state index >= 15 is 0 Å². The van der Waals surface area contributed by atoms with Crippen LogP contribution in [0.4, 0.5) is 11.4 Å². The molecule has 1 saturated heterocycles. The quantitative estimate of drug-likeness (QED) is 0.703. The van der Waals surface area contributed by atoms with Gasteiger partial charge in [-0.15, -0.1) is 0 Å². The van der Waals surface area contributed by atoms with E-state index in [2.05, 4.69) is 43.2 Å². The Balaban J connectivity index is 1.58. The van der Waals surface area contributed by atoms with Gasteiger partial charge < -0.3 is 19.9 Å². The van der Waals surface area contributed by atoms with Gasteiger partial charge in [-0.1, -0.05) is 33.6 Å². The van der Waals surface area contributed by atoms with E-state index in [-0.39, 0.29) is 0 Å². The van der Waals surface area contributed by atoms with Gasteiger partial charge in [0, 0.05) is 42.4 Å². The standard InChI is InChI=1S/C18H19BrClN3OS/c1-24-15-4-2-3-14(12-15)22-7-9-23(10-8-22)18(25)21-17-6-5-13(19)11-16(17)20/h2-6,11-12H,7-10H2,1H3,(H,21,25). The third-order valence-corrected chi connectivity index (χ3v) is 5.32. The third-order valence-electron chi connectivity index (χ3n) is 4.16. The first-order chi connectivity index (χ1) is 12.1. The monoisotopic (exact) mass is 439 g/mol. The van der Waals surface area contributed by atoms with Crippen molar-refractivity contribution in [2.24, 2.45) is 0 Å². The van der Waals surface area contributed by atoms with Gasteiger partial charge in [0.15, 0.2) is 5.11 Å². The molecule has 0 aromatic heterocycles. The van der Waals surface area contributed by atoms with Crippen molar-refractivity contribution in [1.29, 1.82) is 0 Å². The zero-order valence-electron chi connectivity index (χ0n) is 13.8. The molecule has 0 bridgehead atoms. The molecule has 0 atom stereocenters. The van der Waals surface area contributed by atoms with E-state index < -0.39 is 0 Å². The largest absolute Gasteiger partial charge is 0.497 e. The van der Waals surface area contributed by atoms with Gasteiger partial charge in [-0.05, 0) is 42.5 Å². The van der Waals surface area contributed by atoms with Gasteiger partial charge in [-0.2, -0.15) is 0 Å². The molecular formula is C18H19BrClN3OS. The lowest BCUT2D eigenvalue weighted by Crippen LogP contribution is -2.50. The lowest BCUT2D eigenvalue weighted by molar-refractivity contribution is 0.389. The Morgan fingerprint density at radius 2 is 1.92 bits per heavy atom. The lowest BCUT2D eigenvalue weighted by atomic mass is 10.2. The SMILES string of the molecule is COc1cccc(N2CCN(C(=S)Nc3ccc(Br)cc3Cl)CC2)c1. The van der Waals surface area contributed by atoms with Crippen LogP contribution in [0.25, 0.3) is 0 Å². The summed E-state index contributed by atoms with van der Waals surface area (Å²) in [6.45, 7) is 3.53. The minimum atomic E-state index is 0.645. The topological polar surface area (TPSA) is 27.7 Å². The molecule has 0 saturated carbocycles. The first kappa shape index (κ1) is 18.3. The molecule has 0 amide bonds. The van der Waals surface area contributed by atoms with Crippen LogP contribution in [0.1, 0.15) is 0 Å². The minimum Gasteiger partial charge on any atom is -0.497 e. The van der Waals surface area contributed by atoms with E-state index in [0.717, 1.165) is 42.1 Å². The molecule has 132 valence electrons. The van der Waals surface area contributed by atoms with Gasteiger partial charge in [-0.25, -0.2) is 0 Å². The molecule has 1 aliphatic rings. The van der Waals surface area contributed by atoms with Crippen molar-refractivity contribution >= 4 is 56.2 Å². The maximum atomic E-state index is 6.25. The van der Waals surface area contributed by atoms with E-state index in [1.54, 1.807) is 7.11 Å². The molecule has 0 unspecified atom stereocenters. The highest BCUT2D eigenvalue weighted by molar-refractivity contribution is 9.10. The second-order valence-corrected chi connectivity index (χ2v) is 7.44. The van der Waals surface area contributed by atoms with E-state index in [4.69, 9.17) is 28.6 Å². The summed E-state index contributed by atoms with van der Waals surface area (Å²) in [7, 11) is 1.69. The second kappa shape index (κ2) is 8.25. The zero-order valence-corrected chi connectivity index (χ0v) is 17.0. The first-order valence-corrected chi connectivity index (χ1v) is 9.55. The molecule has 1 fully saturated rings. The molecule has 2 aromatic rings. The molecule has 4 nitrogen and oxygen atoms in total. The van der Waals surface area contributed by atoms with Crippen molar-refractivity contribution in [1.82, 2.24) is 4.90 Å². The molecule has 0 spiro atoms. The molecule has 3 rings (SSSR count). The number of methoxy groups -OCH3 is 1. The normalized spacial score (nSPS) is 14.4. The predicted octanol–water partition coefficient (Wildman–Crippen LogP) is 4.63. The van der Waals surface area contributed by atoms with Crippen molar-refractivity contribution in [3.05, 3.63) is 52.0 Å². The number of ether oxygens (including phenoxy) is 1. The lowest BCUT2D eigenvalue weighted by Gasteiger charge is -2.37. The van der Waals surface area contributed by atoms with Crippen LogP contribution in [0.15, 0.2) is 46.9 Å². The number of nitrogens with one attached hydrogen (secondary N) is 1. The fourth-order valence-corrected chi connectivity index (χ4v) is 3.77. The second-order valence-electron chi connectivity index (χ2n) is 5.73. The maximum absolute atomic E-state index is 6.25. The van der Waals surface area contributed by atoms with Crippen LogP contribution < -0.4 is 15.0 Å². The van der Waals surface area contributed by atoms with E-state index in [0.29, 0.717) is 10.1 Å². The number of thiocarbonyl (C=S) groups is 1. The Hall–Kier alpha value is -1.50. The Bertz CT molecular complexity index is 766. The molecule has 0 aliphatic carbocycles. The predicted molar refractivity (Wildman–Crippen MR) is 112 cm³/mol. The Kier molecular flexibility index (Phi) is 6.04. The number of rotatable bonds is 3. The van der Waals surface area contributed by atoms with Gasteiger partial charge >= 0.3 is 0 Å². The summed E-state index contributed by atoms with van der Waals surface area (Å²) < 4.78 is 6.25. The summed E-state index contributed by atoms with van der Waals surface area (Å²) in [5, 5.41) is 4.59. The fourth-order valence-electron chi connectivity index (χ4n) is 2.76. The van der Waals surface area contributed by atoms with Crippen molar-refractivity contribution in [2.45, 2.75) is 0 Å². The molecule has 1 N–H and O–H groups in total. The maximum Gasteiger partial charge on any atom is 0.173 e. The average molecular weight is 441 g/mol. The van der Waals surface area contributed by atoms with E-state index in [1.807, 2.05) is 30.3 Å². The number of halogens is 2. The van der Waals surface area contributed by atoms with Crippen LogP contribution in [0.3, 0.4) is 0 Å². The van der Waals surface area contributed by atoms with Crippen LogP contribution in [0.2, 0.25) is 5.02 Å². The van der Waals surface area contributed by atoms with Gasteiger partial charge in [0.1, 0.15) is 5.75 Å². The summed E-state index contributed by atoms with van der Waals surface area (Å²) in [5.41, 5.74) is 2.00. The number of hydrogen-bond acceptors (Lipinski definition) is 3. The van der Waals surface area contributed by atoms with Gasteiger partial charge in [0.05, 0.1) is 17.8 Å². The molecule has 2 aromatic carbocycles. The van der Waals surface area contributed by atoms with Crippen LogP contribution in [0.5, 0.6) is 5.75 Å². The van der Waals surface area contributed by atoms with E-state index in [1.165, 1.54) is 5.69 Å². The van der Waals surface area contributed by atoms with Crippen LogP contribution >= 0.6 is 39.7 Å². The van der Waals surface area contributed by atoms with Crippen LogP contribution in [0, 0.1) is 0 Å². The minimum absolute atomic E-state index is 0.645. The number of piperazine rings is 1. The van der Waals surface area contributed by atoms with Crippen molar-refractivity contribution in [3.8, 4) is 5.75 Å². The highest BCUT2D eigenvalue weighted by atomic mass is 79.9. The molecule has 1 heterocycles. The highest BCUT2D eigenvalue weighted by Crippen LogP contribution is 2.26. The molecule has 25 heavy (non-hydrogen) atoms. The summed E-state index contributed by atoms with van der Waals surface area (Å²) in [6.07, 6.45) is 0. The van der Waals surface area contributed by atoms with Crippen LogP contribution in [-0.2, 0) is 0 Å². The smallest absolute Gasteiger partial charge is 0.173 e. The fraction of sp³-hybridized carbons (Fsp3) is 0.278. The molecule has 1 aliphatic heterocycles. The number of benzene rings is 2. The Morgan fingerprint density at radius 1 is 1.16 bits per heavy atom. The molecule has 7 heteroatoms. The zero-order chi connectivity index (χ0) is 17.8. The van der Waals surface area contributed by atoms with Crippen LogP contribution in [-0.4, -0.2) is 43.3 Å². The van der Waals surface area contributed by atoms with E-state index in [9.17, 15) is 0 Å².